The van der Waals surface area contributed by atoms with Crippen LogP contribution in [-0.4, -0.2) is 6.61 Å². The van der Waals surface area contributed by atoms with E-state index in [-0.39, 0.29) is 0 Å². The second kappa shape index (κ2) is 3.13. The van der Waals surface area contributed by atoms with Gasteiger partial charge in [0.15, 0.2) is 0 Å². The molecule has 1 aliphatic carbocycles. The summed E-state index contributed by atoms with van der Waals surface area (Å²) in [4.78, 5) is 0. The molecule has 0 N–H and O–H groups in total. The van der Waals surface area contributed by atoms with Gasteiger partial charge in [0.1, 0.15) is 5.75 Å². The van der Waals surface area contributed by atoms with Crippen LogP contribution in [0.5, 0.6) is 5.75 Å². The van der Waals surface area contributed by atoms with Gasteiger partial charge in [-0.1, -0.05) is 6.07 Å². The fourth-order valence-electron chi connectivity index (χ4n) is 2.55. The standard InChI is InChI=1S/C13H11NO/c14-7-5-10-2-1-9-3-4-12-11(13(9)10)6-8-15-12/h3-5H,1-2,6,8H2. The van der Waals surface area contributed by atoms with Crippen LogP contribution in [0.3, 0.4) is 0 Å². The summed E-state index contributed by atoms with van der Waals surface area (Å²) in [6.07, 6.45) is 4.74. The first-order valence-electron chi connectivity index (χ1n) is 5.27. The lowest BCUT2D eigenvalue weighted by molar-refractivity contribution is 0.357. The van der Waals surface area contributed by atoms with Gasteiger partial charge < -0.3 is 4.74 Å². The average molecular weight is 197 g/mol. The van der Waals surface area contributed by atoms with Crippen molar-refractivity contribution in [1.29, 1.82) is 5.26 Å². The summed E-state index contributed by atoms with van der Waals surface area (Å²) in [5, 5.41) is 8.74. The second-order valence-electron chi connectivity index (χ2n) is 3.97. The van der Waals surface area contributed by atoms with Gasteiger partial charge in [0.2, 0.25) is 0 Å². The summed E-state index contributed by atoms with van der Waals surface area (Å²) in [6, 6.07) is 6.34. The van der Waals surface area contributed by atoms with Crippen molar-refractivity contribution in [3.8, 4) is 11.8 Å². The van der Waals surface area contributed by atoms with Gasteiger partial charge in [-0.3, -0.25) is 0 Å². The minimum atomic E-state index is 0.783. The summed E-state index contributed by atoms with van der Waals surface area (Å²) < 4.78 is 5.54. The maximum Gasteiger partial charge on any atom is 0.123 e. The molecule has 0 radical (unpaired) electrons. The van der Waals surface area contributed by atoms with Gasteiger partial charge in [-0.2, -0.15) is 5.26 Å². The van der Waals surface area contributed by atoms with E-state index in [4.69, 9.17) is 10.00 Å². The van der Waals surface area contributed by atoms with E-state index in [1.54, 1.807) is 6.08 Å². The second-order valence-corrected chi connectivity index (χ2v) is 3.97. The summed E-state index contributed by atoms with van der Waals surface area (Å²) >= 11 is 0. The van der Waals surface area contributed by atoms with Crippen molar-refractivity contribution >= 4 is 5.57 Å². The Balaban J connectivity index is 2.23. The Bertz CT molecular complexity index is 494. The fourth-order valence-corrected chi connectivity index (χ4v) is 2.55. The van der Waals surface area contributed by atoms with E-state index >= 15 is 0 Å². The highest BCUT2D eigenvalue weighted by molar-refractivity contribution is 5.78. The van der Waals surface area contributed by atoms with E-state index in [9.17, 15) is 0 Å². The molecule has 2 nitrogen and oxygen atoms in total. The Morgan fingerprint density at radius 2 is 2.20 bits per heavy atom. The summed E-state index contributed by atoms with van der Waals surface area (Å²) in [5.41, 5.74) is 5.17. The third-order valence-electron chi connectivity index (χ3n) is 3.19. The number of hydrogen-bond donors (Lipinski definition) is 0. The van der Waals surface area contributed by atoms with Crippen LogP contribution in [0.25, 0.3) is 5.57 Å². The molecule has 1 aromatic carbocycles. The summed E-state index contributed by atoms with van der Waals surface area (Å²) in [5.74, 6) is 1.01. The Morgan fingerprint density at radius 3 is 3.07 bits per heavy atom. The first-order valence-corrected chi connectivity index (χ1v) is 5.27. The third kappa shape index (κ3) is 1.16. The largest absolute Gasteiger partial charge is 0.493 e. The van der Waals surface area contributed by atoms with Gasteiger partial charge in [-0.15, -0.1) is 0 Å². The van der Waals surface area contributed by atoms with E-state index in [0.29, 0.717) is 0 Å². The van der Waals surface area contributed by atoms with Gasteiger partial charge in [0.05, 0.1) is 12.7 Å². The Morgan fingerprint density at radius 1 is 1.27 bits per heavy atom. The van der Waals surface area contributed by atoms with Crippen molar-refractivity contribution in [2.45, 2.75) is 19.3 Å². The third-order valence-corrected chi connectivity index (χ3v) is 3.19. The number of rotatable bonds is 0. The maximum atomic E-state index is 8.74. The zero-order valence-electron chi connectivity index (χ0n) is 8.42. The molecule has 1 heterocycles. The topological polar surface area (TPSA) is 33.0 Å². The van der Waals surface area contributed by atoms with Crippen molar-refractivity contribution in [2.24, 2.45) is 0 Å². The molecule has 3 rings (SSSR count). The molecule has 0 spiro atoms. The summed E-state index contributed by atoms with van der Waals surface area (Å²) in [6.45, 7) is 0.783. The quantitative estimate of drug-likeness (QED) is 0.598. The van der Waals surface area contributed by atoms with Crippen molar-refractivity contribution in [2.75, 3.05) is 6.61 Å². The smallest absolute Gasteiger partial charge is 0.123 e. The molecule has 0 fully saturated rings. The van der Waals surface area contributed by atoms with E-state index in [1.165, 1.54) is 22.3 Å². The number of nitriles is 1. The molecular formula is C13H11NO. The first kappa shape index (κ1) is 8.55. The average Bonchev–Trinajstić information content (AvgIpc) is 2.83. The van der Waals surface area contributed by atoms with Crippen LogP contribution >= 0.6 is 0 Å². The Kier molecular flexibility index (Phi) is 1.78. The Hall–Kier alpha value is -1.75. The number of allylic oxidation sites excluding steroid dienone is 2. The number of benzene rings is 1. The lowest BCUT2D eigenvalue weighted by atomic mass is 9.98. The van der Waals surface area contributed by atoms with Gasteiger partial charge >= 0.3 is 0 Å². The molecular weight excluding hydrogens is 186 g/mol. The van der Waals surface area contributed by atoms with Crippen molar-refractivity contribution < 1.29 is 4.74 Å². The first-order chi connectivity index (χ1) is 7.40. The van der Waals surface area contributed by atoms with Crippen LogP contribution in [-0.2, 0) is 12.8 Å². The molecule has 0 atom stereocenters. The van der Waals surface area contributed by atoms with Gasteiger partial charge in [-0.25, -0.2) is 0 Å². The van der Waals surface area contributed by atoms with E-state index < -0.39 is 0 Å². The molecule has 2 aliphatic rings. The van der Waals surface area contributed by atoms with E-state index in [0.717, 1.165) is 31.6 Å². The van der Waals surface area contributed by atoms with Crippen LogP contribution in [0.4, 0.5) is 0 Å². The monoisotopic (exact) mass is 197 g/mol. The lowest BCUT2D eigenvalue weighted by Gasteiger charge is -2.06. The molecule has 0 saturated heterocycles. The molecule has 0 amide bonds. The van der Waals surface area contributed by atoms with Crippen molar-refractivity contribution in [3.63, 3.8) is 0 Å². The molecule has 1 aliphatic heterocycles. The predicted molar refractivity (Wildman–Crippen MR) is 57.6 cm³/mol. The number of nitrogens with zero attached hydrogens (tertiary/aromatic N) is 1. The molecule has 0 aromatic heterocycles. The molecule has 74 valence electrons. The molecule has 0 bridgehead atoms. The van der Waals surface area contributed by atoms with Gasteiger partial charge in [-0.05, 0) is 35.6 Å². The number of fused-ring (bicyclic) bond motifs is 3. The zero-order chi connectivity index (χ0) is 10.3. The number of ether oxygens (including phenoxy) is 1. The maximum absolute atomic E-state index is 8.74. The molecule has 2 heteroatoms. The lowest BCUT2D eigenvalue weighted by Crippen LogP contribution is -1.89. The van der Waals surface area contributed by atoms with Crippen LogP contribution in [0.15, 0.2) is 18.2 Å². The molecule has 1 aromatic rings. The fraction of sp³-hybridized carbons (Fsp3) is 0.308. The van der Waals surface area contributed by atoms with Crippen LogP contribution in [0.2, 0.25) is 0 Å². The number of aryl methyl sites for hydroxylation is 1. The molecule has 15 heavy (non-hydrogen) atoms. The predicted octanol–water partition coefficient (Wildman–Crippen LogP) is 2.47. The van der Waals surface area contributed by atoms with Gasteiger partial charge in [0.25, 0.3) is 0 Å². The minimum absolute atomic E-state index is 0.783. The van der Waals surface area contributed by atoms with Crippen molar-refractivity contribution in [3.05, 3.63) is 34.9 Å². The van der Waals surface area contributed by atoms with Crippen molar-refractivity contribution in [1.82, 2.24) is 0 Å². The molecule has 0 saturated carbocycles. The molecule has 0 unspecified atom stereocenters. The minimum Gasteiger partial charge on any atom is -0.493 e. The highest BCUT2D eigenvalue weighted by Crippen LogP contribution is 2.40. The van der Waals surface area contributed by atoms with E-state index in [1.807, 2.05) is 0 Å². The van der Waals surface area contributed by atoms with Crippen LogP contribution < -0.4 is 4.74 Å². The van der Waals surface area contributed by atoms with Gasteiger partial charge in [0, 0.05) is 18.1 Å². The van der Waals surface area contributed by atoms with E-state index in [2.05, 4.69) is 18.2 Å². The highest BCUT2D eigenvalue weighted by atomic mass is 16.5. The summed E-state index contributed by atoms with van der Waals surface area (Å²) in [7, 11) is 0. The zero-order valence-corrected chi connectivity index (χ0v) is 8.42. The normalized spacial score (nSPS) is 19.5. The SMILES string of the molecule is N#CC=C1CCc2ccc3c(c21)CCO3. The Labute approximate surface area is 88.8 Å². The van der Waals surface area contributed by atoms with Crippen LogP contribution in [0, 0.1) is 11.3 Å². The number of hydrogen-bond acceptors (Lipinski definition) is 2. The van der Waals surface area contributed by atoms with Crippen LogP contribution in [0.1, 0.15) is 23.1 Å². The highest BCUT2D eigenvalue weighted by Gasteiger charge is 2.25.